The molecule has 0 aromatic heterocycles. The predicted molar refractivity (Wildman–Crippen MR) is 94.7 cm³/mol. The number of likely N-dealkylation sites (N-methyl/N-ethyl adjacent to an activating group) is 1. The van der Waals surface area contributed by atoms with Crippen molar-refractivity contribution in [2.24, 2.45) is 0 Å². The van der Waals surface area contributed by atoms with E-state index in [2.05, 4.69) is 85.6 Å². The highest BCUT2D eigenvalue weighted by Crippen LogP contribution is 2.15. The van der Waals surface area contributed by atoms with Crippen LogP contribution in [0, 0.1) is 6.92 Å². The molecule has 0 aliphatic heterocycles. The lowest BCUT2D eigenvalue weighted by atomic mass is 10.1. The molecule has 2 aromatic rings. The van der Waals surface area contributed by atoms with Gasteiger partial charge < -0.3 is 10.2 Å². The van der Waals surface area contributed by atoms with Gasteiger partial charge in [0.25, 0.3) is 0 Å². The van der Waals surface area contributed by atoms with E-state index >= 15 is 0 Å². The van der Waals surface area contributed by atoms with E-state index in [9.17, 15) is 0 Å². The molecule has 2 rings (SSSR count). The Bertz CT molecular complexity index is 529. The fourth-order valence-corrected chi connectivity index (χ4v) is 2.61. The number of nitrogens with zero attached hydrogens (tertiary/aromatic N) is 1. The summed E-state index contributed by atoms with van der Waals surface area (Å²) in [5, 5.41) is 3.71. The third-order valence-electron chi connectivity index (χ3n) is 4.11. The molecule has 1 radical (unpaired) electrons. The molecule has 0 bridgehead atoms. The molecule has 1 N–H and O–H groups in total. The second kappa shape index (κ2) is 8.72. The Morgan fingerprint density at radius 3 is 2.18 bits per heavy atom. The summed E-state index contributed by atoms with van der Waals surface area (Å²) in [6.07, 6.45) is 0. The number of benzene rings is 2. The van der Waals surface area contributed by atoms with Crippen LogP contribution in [0.15, 0.2) is 54.6 Å². The lowest BCUT2D eigenvalue weighted by Crippen LogP contribution is -2.35. The minimum atomic E-state index is 0.348. The molecule has 1 atom stereocenters. The van der Waals surface area contributed by atoms with Crippen molar-refractivity contribution < 1.29 is 0 Å². The summed E-state index contributed by atoms with van der Waals surface area (Å²) in [6, 6.07) is 19.5. The summed E-state index contributed by atoms with van der Waals surface area (Å²) in [6.45, 7) is 12.5. The second-order valence-corrected chi connectivity index (χ2v) is 5.65. The second-order valence-electron chi connectivity index (χ2n) is 5.65. The summed E-state index contributed by atoms with van der Waals surface area (Å²) in [4.78, 5) is 2.46. The quantitative estimate of drug-likeness (QED) is 0.790. The third kappa shape index (κ3) is 4.97. The molecule has 22 heavy (non-hydrogen) atoms. The van der Waals surface area contributed by atoms with Gasteiger partial charge in [-0.1, -0.05) is 68.4 Å². The molecule has 0 heterocycles. The van der Waals surface area contributed by atoms with E-state index in [-0.39, 0.29) is 0 Å². The molecular weight excluding hydrogens is 268 g/mol. The Labute approximate surface area is 135 Å². The standard InChI is InChI=1S/C20H27N2/c1-4-22(5-2)16-20(19-9-7-6-8-10-19)21-15-18-13-11-17(3)12-14-18/h6-14,20-21H,3-5,15-16H2,1-2H3. The van der Waals surface area contributed by atoms with Crippen molar-refractivity contribution in [2.45, 2.75) is 26.4 Å². The lowest BCUT2D eigenvalue weighted by molar-refractivity contribution is 0.265. The van der Waals surface area contributed by atoms with Crippen LogP contribution >= 0.6 is 0 Å². The Kier molecular flexibility index (Phi) is 6.63. The van der Waals surface area contributed by atoms with E-state index in [1.165, 1.54) is 11.1 Å². The molecule has 2 aromatic carbocycles. The Hall–Kier alpha value is -1.64. The number of hydrogen-bond acceptors (Lipinski definition) is 2. The van der Waals surface area contributed by atoms with Crippen LogP contribution in [0.3, 0.4) is 0 Å². The van der Waals surface area contributed by atoms with Gasteiger partial charge in [-0.15, -0.1) is 0 Å². The molecule has 0 saturated carbocycles. The van der Waals surface area contributed by atoms with E-state index in [4.69, 9.17) is 0 Å². The minimum Gasteiger partial charge on any atom is -0.305 e. The smallest absolute Gasteiger partial charge is 0.0451 e. The van der Waals surface area contributed by atoms with Gasteiger partial charge in [-0.2, -0.15) is 0 Å². The van der Waals surface area contributed by atoms with Crippen LogP contribution in [0.4, 0.5) is 0 Å². The molecule has 2 nitrogen and oxygen atoms in total. The molecule has 0 fully saturated rings. The maximum absolute atomic E-state index is 3.94. The molecule has 0 aliphatic rings. The van der Waals surface area contributed by atoms with Crippen LogP contribution in [-0.4, -0.2) is 24.5 Å². The first-order chi connectivity index (χ1) is 10.7. The minimum absolute atomic E-state index is 0.348. The first-order valence-corrected chi connectivity index (χ1v) is 8.14. The van der Waals surface area contributed by atoms with E-state index in [1.807, 2.05) is 0 Å². The zero-order valence-corrected chi connectivity index (χ0v) is 13.8. The summed E-state index contributed by atoms with van der Waals surface area (Å²) in [5.74, 6) is 0. The average molecular weight is 295 g/mol. The van der Waals surface area contributed by atoms with E-state index in [1.54, 1.807) is 0 Å². The molecule has 2 heteroatoms. The highest BCUT2D eigenvalue weighted by Gasteiger charge is 2.13. The van der Waals surface area contributed by atoms with Gasteiger partial charge in [-0.25, -0.2) is 0 Å². The Morgan fingerprint density at radius 2 is 1.59 bits per heavy atom. The van der Waals surface area contributed by atoms with Crippen molar-refractivity contribution in [3.05, 3.63) is 78.2 Å². The monoisotopic (exact) mass is 295 g/mol. The number of rotatable bonds is 8. The molecule has 0 aliphatic carbocycles. The molecule has 0 amide bonds. The maximum atomic E-state index is 3.94. The largest absolute Gasteiger partial charge is 0.305 e. The summed E-state index contributed by atoms with van der Waals surface area (Å²) in [5.41, 5.74) is 3.71. The molecule has 0 saturated heterocycles. The summed E-state index contributed by atoms with van der Waals surface area (Å²) in [7, 11) is 0. The summed E-state index contributed by atoms with van der Waals surface area (Å²) < 4.78 is 0. The molecule has 1 unspecified atom stereocenters. The van der Waals surface area contributed by atoms with Crippen LogP contribution in [-0.2, 0) is 6.54 Å². The van der Waals surface area contributed by atoms with Gasteiger partial charge in [-0.3, -0.25) is 0 Å². The van der Waals surface area contributed by atoms with Gasteiger partial charge in [0.05, 0.1) is 0 Å². The van der Waals surface area contributed by atoms with Gasteiger partial charge in [-0.05, 0) is 36.7 Å². The van der Waals surface area contributed by atoms with Gasteiger partial charge in [0.1, 0.15) is 0 Å². The predicted octanol–water partition coefficient (Wildman–Crippen LogP) is 4.04. The van der Waals surface area contributed by atoms with Crippen molar-refractivity contribution in [1.82, 2.24) is 10.2 Å². The number of hydrogen-bond donors (Lipinski definition) is 1. The lowest BCUT2D eigenvalue weighted by Gasteiger charge is -2.26. The van der Waals surface area contributed by atoms with Gasteiger partial charge in [0.15, 0.2) is 0 Å². The van der Waals surface area contributed by atoms with Gasteiger partial charge in [0, 0.05) is 19.1 Å². The van der Waals surface area contributed by atoms with Crippen molar-refractivity contribution in [3.63, 3.8) is 0 Å². The van der Waals surface area contributed by atoms with Crippen molar-refractivity contribution in [3.8, 4) is 0 Å². The third-order valence-corrected chi connectivity index (χ3v) is 4.11. The van der Waals surface area contributed by atoms with Crippen LogP contribution in [0.2, 0.25) is 0 Å². The Morgan fingerprint density at radius 1 is 0.955 bits per heavy atom. The highest BCUT2D eigenvalue weighted by atomic mass is 15.1. The number of nitrogens with one attached hydrogen (secondary N) is 1. The van der Waals surface area contributed by atoms with Crippen LogP contribution in [0.1, 0.15) is 36.6 Å². The fraction of sp³-hybridized carbons (Fsp3) is 0.350. The van der Waals surface area contributed by atoms with Gasteiger partial charge in [0.2, 0.25) is 0 Å². The fourth-order valence-electron chi connectivity index (χ4n) is 2.61. The van der Waals surface area contributed by atoms with Crippen molar-refractivity contribution in [1.29, 1.82) is 0 Å². The van der Waals surface area contributed by atoms with E-state index in [0.29, 0.717) is 6.04 Å². The molecular formula is C20H27N2. The van der Waals surface area contributed by atoms with Crippen molar-refractivity contribution in [2.75, 3.05) is 19.6 Å². The van der Waals surface area contributed by atoms with E-state index < -0.39 is 0 Å². The average Bonchev–Trinajstić information content (AvgIpc) is 2.57. The normalized spacial score (nSPS) is 12.5. The van der Waals surface area contributed by atoms with Crippen molar-refractivity contribution >= 4 is 0 Å². The SMILES string of the molecule is [CH2]c1ccc(CNC(CN(CC)CC)c2ccccc2)cc1. The zero-order valence-electron chi connectivity index (χ0n) is 13.8. The first-order valence-electron chi connectivity index (χ1n) is 8.14. The molecule has 117 valence electrons. The topological polar surface area (TPSA) is 15.3 Å². The summed E-state index contributed by atoms with van der Waals surface area (Å²) >= 11 is 0. The highest BCUT2D eigenvalue weighted by molar-refractivity contribution is 5.25. The molecule has 0 spiro atoms. The van der Waals surface area contributed by atoms with E-state index in [0.717, 1.165) is 31.7 Å². The van der Waals surface area contributed by atoms with Crippen LogP contribution in [0.5, 0.6) is 0 Å². The van der Waals surface area contributed by atoms with Gasteiger partial charge >= 0.3 is 0 Å². The first kappa shape index (κ1) is 16.7. The van der Waals surface area contributed by atoms with Crippen LogP contribution < -0.4 is 5.32 Å². The van der Waals surface area contributed by atoms with Crippen LogP contribution in [0.25, 0.3) is 0 Å². The maximum Gasteiger partial charge on any atom is 0.0451 e. The Balaban J connectivity index is 2.05. The zero-order chi connectivity index (χ0) is 15.8.